The second-order valence-corrected chi connectivity index (χ2v) is 7.99. The molecule has 0 radical (unpaired) electrons. The molecule has 3 fully saturated rings. The molecule has 3 saturated heterocycles. The summed E-state index contributed by atoms with van der Waals surface area (Å²) in [4.78, 5) is 27.7. The molecule has 0 aromatic heterocycles. The number of hydrogen-bond donors (Lipinski definition) is 2. The van der Waals surface area contributed by atoms with E-state index in [0.717, 1.165) is 37.1 Å². The van der Waals surface area contributed by atoms with E-state index >= 15 is 0 Å². The largest absolute Gasteiger partial charge is 0.366 e. The average Bonchev–Trinajstić information content (AvgIpc) is 3.16. The van der Waals surface area contributed by atoms with E-state index in [2.05, 4.69) is 20.4 Å². The van der Waals surface area contributed by atoms with E-state index < -0.39 is 0 Å². The number of piperazine rings is 1. The minimum atomic E-state index is -0.304. The van der Waals surface area contributed by atoms with Crippen molar-refractivity contribution in [1.29, 1.82) is 0 Å². The Hall–Kier alpha value is -1.99. The number of nitrogens with zero attached hydrogens (tertiary/aromatic N) is 2. The summed E-state index contributed by atoms with van der Waals surface area (Å²) in [5.74, 6) is -0.603. The smallest absolute Gasteiger partial charge is 0.243 e. The zero-order valence-corrected chi connectivity index (χ0v) is 14.6. The van der Waals surface area contributed by atoms with Crippen LogP contribution in [-0.4, -0.2) is 47.9 Å². The third-order valence-corrected chi connectivity index (χ3v) is 6.22. The number of anilines is 1. The van der Waals surface area contributed by atoms with E-state index in [1.165, 1.54) is 0 Å². The molecular weight excluding hydrogens is 335 g/mol. The molecule has 0 aliphatic carbocycles. The van der Waals surface area contributed by atoms with Crippen LogP contribution in [0.25, 0.3) is 0 Å². The summed E-state index contributed by atoms with van der Waals surface area (Å²) in [6, 6.07) is 4.23. The van der Waals surface area contributed by atoms with Crippen molar-refractivity contribution in [1.82, 2.24) is 15.5 Å². The van der Waals surface area contributed by atoms with E-state index in [9.17, 15) is 14.0 Å². The van der Waals surface area contributed by atoms with Crippen molar-refractivity contribution >= 4 is 17.5 Å². The average molecular weight is 358 g/mol. The lowest BCUT2D eigenvalue weighted by Crippen LogP contribution is -2.51. The van der Waals surface area contributed by atoms with Crippen LogP contribution >= 0.6 is 0 Å². The van der Waals surface area contributed by atoms with E-state index in [1.807, 2.05) is 6.07 Å². The van der Waals surface area contributed by atoms with Gasteiger partial charge in [-0.1, -0.05) is 0 Å². The molecule has 1 aromatic carbocycles. The summed E-state index contributed by atoms with van der Waals surface area (Å²) >= 11 is 0. The molecule has 4 aliphatic heterocycles. The molecule has 26 heavy (non-hydrogen) atoms. The molecule has 0 spiro atoms. The second kappa shape index (κ2) is 6.03. The number of piperidine rings is 1. The Kier molecular flexibility index (Phi) is 3.76. The fourth-order valence-electron chi connectivity index (χ4n) is 4.92. The lowest BCUT2D eigenvalue weighted by molar-refractivity contribution is -0.137. The number of carbonyl (C=O) groups is 2. The van der Waals surface area contributed by atoms with Gasteiger partial charge in [-0.15, -0.1) is 0 Å². The van der Waals surface area contributed by atoms with Crippen molar-refractivity contribution in [3.05, 3.63) is 29.1 Å². The molecule has 7 heteroatoms. The molecule has 2 bridgehead atoms. The number of halogens is 1. The van der Waals surface area contributed by atoms with Crippen molar-refractivity contribution in [2.45, 2.75) is 56.9 Å². The quantitative estimate of drug-likeness (QED) is 0.769. The van der Waals surface area contributed by atoms with E-state index in [1.54, 1.807) is 6.07 Å². The molecule has 2 N–H and O–H groups in total. The normalized spacial score (nSPS) is 31.3. The summed E-state index contributed by atoms with van der Waals surface area (Å²) in [6.45, 7) is 2.89. The highest BCUT2D eigenvalue weighted by Gasteiger charge is 2.37. The van der Waals surface area contributed by atoms with Crippen LogP contribution in [0.2, 0.25) is 0 Å². The van der Waals surface area contributed by atoms with E-state index in [4.69, 9.17) is 0 Å². The predicted octanol–water partition coefficient (Wildman–Crippen LogP) is 0.887. The Morgan fingerprint density at radius 3 is 2.38 bits per heavy atom. The fraction of sp³-hybridized carbons (Fsp3) is 0.579. The zero-order chi connectivity index (χ0) is 17.8. The molecular formula is C19H23FN4O2. The Bertz CT molecular complexity index is 771. The van der Waals surface area contributed by atoms with Gasteiger partial charge in [0.15, 0.2) is 0 Å². The van der Waals surface area contributed by atoms with Crippen LogP contribution in [0.15, 0.2) is 12.1 Å². The zero-order valence-electron chi connectivity index (χ0n) is 14.6. The Balaban J connectivity index is 1.36. The van der Waals surface area contributed by atoms with Gasteiger partial charge in [-0.2, -0.15) is 0 Å². The number of amides is 2. The maximum Gasteiger partial charge on any atom is 0.243 e. The molecule has 2 amide bonds. The number of carbonyl (C=O) groups excluding carboxylic acids is 2. The van der Waals surface area contributed by atoms with Gasteiger partial charge in [0.05, 0.1) is 11.7 Å². The van der Waals surface area contributed by atoms with Crippen LogP contribution in [0.3, 0.4) is 0 Å². The van der Waals surface area contributed by atoms with Gasteiger partial charge in [0, 0.05) is 44.7 Å². The van der Waals surface area contributed by atoms with Gasteiger partial charge in [0.1, 0.15) is 5.82 Å². The Morgan fingerprint density at radius 2 is 1.69 bits per heavy atom. The predicted molar refractivity (Wildman–Crippen MR) is 94.0 cm³/mol. The fourth-order valence-corrected chi connectivity index (χ4v) is 4.92. The highest BCUT2D eigenvalue weighted by Crippen LogP contribution is 2.34. The van der Waals surface area contributed by atoms with E-state index in [-0.39, 0.29) is 23.7 Å². The molecule has 6 nitrogen and oxygen atoms in total. The molecule has 4 aliphatic rings. The molecule has 0 saturated carbocycles. The topological polar surface area (TPSA) is 64.7 Å². The molecule has 3 atom stereocenters. The first-order valence-corrected chi connectivity index (χ1v) is 9.47. The first-order chi connectivity index (χ1) is 12.6. The van der Waals surface area contributed by atoms with Gasteiger partial charge >= 0.3 is 0 Å². The van der Waals surface area contributed by atoms with Crippen LogP contribution in [0.1, 0.15) is 36.8 Å². The van der Waals surface area contributed by atoms with Gasteiger partial charge in [-0.3, -0.25) is 19.8 Å². The van der Waals surface area contributed by atoms with Crippen LogP contribution in [0, 0.1) is 5.82 Å². The van der Waals surface area contributed by atoms with Crippen molar-refractivity contribution in [2.75, 3.05) is 18.0 Å². The maximum atomic E-state index is 14.8. The monoisotopic (exact) mass is 358 g/mol. The lowest BCUT2D eigenvalue weighted by Gasteiger charge is -2.35. The number of hydrogen-bond acceptors (Lipinski definition) is 5. The third-order valence-electron chi connectivity index (χ3n) is 6.22. The molecule has 5 rings (SSSR count). The molecule has 4 heterocycles. The number of fused-ring (bicyclic) bond motifs is 3. The van der Waals surface area contributed by atoms with Crippen LogP contribution in [0.4, 0.5) is 10.1 Å². The SMILES string of the molecule is O=C1CCC(N2Cc3cc(F)c(N4CC5CCC(C4)N5)cc3C2)C(=O)N1. The lowest BCUT2D eigenvalue weighted by atomic mass is 10.0. The first kappa shape index (κ1) is 16.2. The summed E-state index contributed by atoms with van der Waals surface area (Å²) < 4.78 is 14.8. The van der Waals surface area contributed by atoms with Crippen LogP contribution in [0.5, 0.6) is 0 Å². The molecule has 138 valence electrons. The van der Waals surface area contributed by atoms with Crippen LogP contribution < -0.4 is 15.5 Å². The summed E-state index contributed by atoms with van der Waals surface area (Å²) in [5, 5.41) is 5.99. The minimum absolute atomic E-state index is 0.171. The van der Waals surface area contributed by atoms with Gasteiger partial charge in [0.25, 0.3) is 0 Å². The highest BCUT2D eigenvalue weighted by atomic mass is 19.1. The van der Waals surface area contributed by atoms with Crippen molar-refractivity contribution in [3.8, 4) is 0 Å². The van der Waals surface area contributed by atoms with E-state index in [0.29, 0.717) is 43.7 Å². The van der Waals surface area contributed by atoms with Crippen molar-refractivity contribution in [3.63, 3.8) is 0 Å². The number of imide groups is 1. The summed E-state index contributed by atoms with van der Waals surface area (Å²) in [6.07, 6.45) is 3.23. The number of nitrogens with one attached hydrogen (secondary N) is 2. The number of rotatable bonds is 2. The van der Waals surface area contributed by atoms with Gasteiger partial charge in [-0.25, -0.2) is 4.39 Å². The molecule has 1 aromatic rings. The Labute approximate surface area is 151 Å². The number of benzene rings is 1. The summed E-state index contributed by atoms with van der Waals surface area (Å²) in [7, 11) is 0. The van der Waals surface area contributed by atoms with Gasteiger partial charge < -0.3 is 10.2 Å². The maximum absolute atomic E-state index is 14.8. The van der Waals surface area contributed by atoms with Gasteiger partial charge in [0.2, 0.25) is 11.8 Å². The third kappa shape index (κ3) is 2.70. The minimum Gasteiger partial charge on any atom is -0.366 e. The van der Waals surface area contributed by atoms with Gasteiger partial charge in [-0.05, 0) is 42.5 Å². The van der Waals surface area contributed by atoms with Crippen LogP contribution in [-0.2, 0) is 22.7 Å². The van der Waals surface area contributed by atoms with Crippen molar-refractivity contribution in [2.24, 2.45) is 0 Å². The summed E-state index contributed by atoms with van der Waals surface area (Å²) in [5.41, 5.74) is 2.73. The standard InChI is InChI=1S/C19H23FN4O2/c20-15-5-11-7-23(16-3-4-18(25)22-19(16)26)8-12(11)6-17(15)24-9-13-1-2-14(10-24)21-13/h5-6,13-14,16,21H,1-4,7-10H2,(H,22,25,26). The molecule has 3 unspecified atom stereocenters. The van der Waals surface area contributed by atoms with Crippen molar-refractivity contribution < 1.29 is 14.0 Å². The first-order valence-electron chi connectivity index (χ1n) is 9.47. The highest BCUT2D eigenvalue weighted by molar-refractivity contribution is 6.00. The Morgan fingerprint density at radius 1 is 1.00 bits per heavy atom. The second-order valence-electron chi connectivity index (χ2n) is 7.99.